The van der Waals surface area contributed by atoms with E-state index < -0.39 is 0 Å². The van der Waals surface area contributed by atoms with Crippen LogP contribution in [0.4, 0.5) is 0 Å². The van der Waals surface area contributed by atoms with E-state index in [2.05, 4.69) is 48.2 Å². The second kappa shape index (κ2) is 8.09. The number of benzene rings is 2. The van der Waals surface area contributed by atoms with Gasteiger partial charge in [-0.3, -0.25) is 4.79 Å². The number of likely N-dealkylation sites (tertiary alicyclic amines) is 1. The third kappa shape index (κ3) is 3.64. The fourth-order valence-electron chi connectivity index (χ4n) is 4.47. The Labute approximate surface area is 167 Å². The van der Waals surface area contributed by atoms with E-state index in [1.165, 1.54) is 5.56 Å². The maximum absolute atomic E-state index is 13.3. The average molecular weight is 377 g/mol. The van der Waals surface area contributed by atoms with Crippen molar-refractivity contribution in [3.8, 4) is 0 Å². The summed E-state index contributed by atoms with van der Waals surface area (Å²) < 4.78 is 0. The first kappa shape index (κ1) is 18.6. The summed E-state index contributed by atoms with van der Waals surface area (Å²) in [6.45, 7) is 4.23. The van der Waals surface area contributed by atoms with Crippen molar-refractivity contribution in [1.29, 1.82) is 0 Å². The number of rotatable bonds is 4. The SMILES string of the molecule is C[C@@H](c1ccccc1)N1CCC(O)=C(N2CCC(c3ccccc3)CC2)C1=O. The largest absolute Gasteiger partial charge is 0.510 e. The van der Waals surface area contributed by atoms with E-state index in [9.17, 15) is 9.90 Å². The molecule has 0 saturated carbocycles. The van der Waals surface area contributed by atoms with Crippen LogP contribution in [0.1, 0.15) is 49.3 Å². The Hall–Kier alpha value is -2.75. The highest BCUT2D eigenvalue weighted by atomic mass is 16.3. The van der Waals surface area contributed by atoms with Crippen molar-refractivity contribution in [2.75, 3.05) is 19.6 Å². The van der Waals surface area contributed by atoms with E-state index in [1.807, 2.05) is 29.2 Å². The molecular formula is C24H28N2O2. The quantitative estimate of drug-likeness (QED) is 0.846. The summed E-state index contributed by atoms with van der Waals surface area (Å²) in [6.07, 6.45) is 2.53. The number of carbonyl (C=O) groups excluding carboxylic acids is 1. The van der Waals surface area contributed by atoms with E-state index in [0.717, 1.165) is 31.5 Å². The maximum atomic E-state index is 13.3. The molecule has 0 aromatic heterocycles. The lowest BCUT2D eigenvalue weighted by Crippen LogP contribution is -2.46. The number of aliphatic hydroxyl groups excluding tert-OH is 1. The molecule has 1 amide bonds. The number of hydrogen-bond acceptors (Lipinski definition) is 3. The highest BCUT2D eigenvalue weighted by molar-refractivity contribution is 5.94. The van der Waals surface area contributed by atoms with Gasteiger partial charge in [0, 0.05) is 26.1 Å². The van der Waals surface area contributed by atoms with Gasteiger partial charge in [0.2, 0.25) is 0 Å². The Morgan fingerprint density at radius 2 is 1.54 bits per heavy atom. The Kier molecular flexibility index (Phi) is 5.38. The number of piperidine rings is 1. The molecule has 1 fully saturated rings. The van der Waals surface area contributed by atoms with Crippen LogP contribution < -0.4 is 0 Å². The number of carbonyl (C=O) groups is 1. The second-order valence-electron chi connectivity index (χ2n) is 7.80. The number of nitrogens with zero attached hydrogens (tertiary/aromatic N) is 2. The van der Waals surface area contributed by atoms with Crippen LogP contribution in [0, 0.1) is 0 Å². The normalized spacial score (nSPS) is 19.8. The topological polar surface area (TPSA) is 43.8 Å². The minimum Gasteiger partial charge on any atom is -0.510 e. The number of amides is 1. The first-order valence-electron chi connectivity index (χ1n) is 10.2. The predicted octanol–water partition coefficient (Wildman–Crippen LogP) is 4.63. The standard InChI is InChI=1S/C24H28N2O2/c1-18(19-8-4-2-5-9-19)26-17-14-22(27)23(24(26)28)25-15-12-21(13-16-25)20-10-6-3-7-11-20/h2-11,18,21,27H,12-17H2,1H3/t18-/m0/s1. The van der Waals surface area contributed by atoms with Crippen LogP contribution in [0.3, 0.4) is 0 Å². The molecule has 4 heteroatoms. The molecular weight excluding hydrogens is 348 g/mol. The first-order chi connectivity index (χ1) is 13.6. The third-order valence-corrected chi connectivity index (χ3v) is 6.16. The summed E-state index contributed by atoms with van der Waals surface area (Å²) in [7, 11) is 0. The van der Waals surface area contributed by atoms with E-state index in [0.29, 0.717) is 24.6 Å². The lowest BCUT2D eigenvalue weighted by Gasteiger charge is -2.40. The van der Waals surface area contributed by atoms with Crippen molar-refractivity contribution in [2.24, 2.45) is 0 Å². The van der Waals surface area contributed by atoms with Crippen molar-refractivity contribution in [3.05, 3.63) is 83.2 Å². The molecule has 1 saturated heterocycles. The molecule has 0 unspecified atom stereocenters. The molecule has 28 heavy (non-hydrogen) atoms. The number of hydrogen-bond donors (Lipinski definition) is 1. The summed E-state index contributed by atoms with van der Waals surface area (Å²) in [5.41, 5.74) is 3.01. The van der Waals surface area contributed by atoms with Crippen molar-refractivity contribution in [2.45, 2.75) is 38.1 Å². The molecule has 4 nitrogen and oxygen atoms in total. The minimum atomic E-state index is -0.0433. The Morgan fingerprint density at radius 3 is 2.18 bits per heavy atom. The average Bonchev–Trinajstić information content (AvgIpc) is 2.75. The molecule has 2 aromatic rings. The van der Waals surface area contributed by atoms with E-state index in [1.54, 1.807) is 0 Å². The van der Waals surface area contributed by atoms with Crippen molar-refractivity contribution < 1.29 is 9.90 Å². The summed E-state index contributed by atoms with van der Waals surface area (Å²) in [5.74, 6) is 0.733. The van der Waals surface area contributed by atoms with Gasteiger partial charge in [0.1, 0.15) is 11.5 Å². The molecule has 146 valence electrons. The summed E-state index contributed by atoms with van der Waals surface area (Å²) in [4.78, 5) is 17.3. The molecule has 0 radical (unpaired) electrons. The van der Waals surface area contributed by atoms with E-state index >= 15 is 0 Å². The van der Waals surface area contributed by atoms with Gasteiger partial charge in [-0.05, 0) is 36.8 Å². The highest BCUT2D eigenvalue weighted by Gasteiger charge is 2.35. The highest BCUT2D eigenvalue weighted by Crippen LogP contribution is 2.33. The van der Waals surface area contributed by atoms with Gasteiger partial charge in [0.05, 0.1) is 6.04 Å². The summed E-state index contributed by atoms with van der Waals surface area (Å²) >= 11 is 0. The van der Waals surface area contributed by atoms with Gasteiger partial charge in [0.25, 0.3) is 5.91 Å². The molecule has 4 rings (SSSR count). The molecule has 2 heterocycles. The van der Waals surface area contributed by atoms with Crippen molar-refractivity contribution >= 4 is 5.91 Å². The third-order valence-electron chi connectivity index (χ3n) is 6.16. The van der Waals surface area contributed by atoms with E-state index in [-0.39, 0.29) is 17.7 Å². The van der Waals surface area contributed by atoms with Crippen LogP contribution in [0.2, 0.25) is 0 Å². The predicted molar refractivity (Wildman–Crippen MR) is 111 cm³/mol. The van der Waals surface area contributed by atoms with Crippen molar-refractivity contribution in [1.82, 2.24) is 9.80 Å². The maximum Gasteiger partial charge on any atom is 0.274 e. The van der Waals surface area contributed by atoms with Gasteiger partial charge >= 0.3 is 0 Å². The van der Waals surface area contributed by atoms with Gasteiger partial charge in [0.15, 0.2) is 0 Å². The summed E-state index contributed by atoms with van der Waals surface area (Å²) in [5, 5.41) is 10.5. The smallest absolute Gasteiger partial charge is 0.274 e. The zero-order valence-electron chi connectivity index (χ0n) is 16.4. The molecule has 0 aliphatic carbocycles. The molecule has 0 spiro atoms. The Balaban J connectivity index is 1.47. The zero-order chi connectivity index (χ0) is 19.5. The van der Waals surface area contributed by atoms with Gasteiger partial charge < -0.3 is 14.9 Å². The fraction of sp³-hybridized carbons (Fsp3) is 0.375. The second-order valence-corrected chi connectivity index (χ2v) is 7.80. The van der Waals surface area contributed by atoms with Gasteiger partial charge in [-0.15, -0.1) is 0 Å². The van der Waals surface area contributed by atoms with Gasteiger partial charge in [-0.25, -0.2) is 0 Å². The van der Waals surface area contributed by atoms with Gasteiger partial charge in [-0.1, -0.05) is 60.7 Å². The molecule has 2 aliphatic heterocycles. The van der Waals surface area contributed by atoms with Crippen LogP contribution >= 0.6 is 0 Å². The van der Waals surface area contributed by atoms with Gasteiger partial charge in [-0.2, -0.15) is 0 Å². The first-order valence-corrected chi connectivity index (χ1v) is 10.2. The van der Waals surface area contributed by atoms with E-state index in [4.69, 9.17) is 0 Å². The lowest BCUT2D eigenvalue weighted by molar-refractivity contribution is -0.132. The van der Waals surface area contributed by atoms with Crippen LogP contribution in [-0.4, -0.2) is 40.4 Å². The fourth-order valence-corrected chi connectivity index (χ4v) is 4.47. The Morgan fingerprint density at radius 1 is 0.929 bits per heavy atom. The molecule has 1 N–H and O–H groups in total. The lowest BCUT2D eigenvalue weighted by atomic mass is 9.89. The van der Waals surface area contributed by atoms with Crippen molar-refractivity contribution in [3.63, 3.8) is 0 Å². The van der Waals surface area contributed by atoms with Crippen LogP contribution in [0.15, 0.2) is 72.1 Å². The van der Waals surface area contributed by atoms with Crippen LogP contribution in [0.25, 0.3) is 0 Å². The zero-order valence-corrected chi connectivity index (χ0v) is 16.4. The summed E-state index contributed by atoms with van der Waals surface area (Å²) in [6, 6.07) is 20.7. The number of aliphatic hydroxyl groups is 1. The molecule has 2 aliphatic rings. The monoisotopic (exact) mass is 376 g/mol. The Bertz CT molecular complexity index is 839. The van der Waals surface area contributed by atoms with Crippen LogP contribution in [-0.2, 0) is 4.79 Å². The van der Waals surface area contributed by atoms with Crippen LogP contribution in [0.5, 0.6) is 0 Å². The minimum absolute atomic E-state index is 0.00124. The molecule has 0 bridgehead atoms. The molecule has 1 atom stereocenters. The molecule has 2 aromatic carbocycles.